The molecule has 5 nitrogen and oxygen atoms in total. The maximum Gasteiger partial charge on any atom is 0.451 e. The summed E-state index contributed by atoms with van der Waals surface area (Å²) in [5.74, 6) is -1.25. The Morgan fingerprint density at radius 3 is 2.38 bits per heavy atom. The maximum atomic E-state index is 12.4. The molecule has 1 N–H and O–H groups in total. The van der Waals surface area contributed by atoms with Crippen LogP contribution in [0.1, 0.15) is 25.1 Å². The van der Waals surface area contributed by atoms with Crippen molar-refractivity contribution >= 4 is 11.6 Å². The molecule has 0 aliphatic carbocycles. The molecule has 2 aliphatic heterocycles. The Bertz CT molecular complexity index is 537. The molecule has 3 heterocycles. The van der Waals surface area contributed by atoms with Gasteiger partial charge in [-0.25, -0.2) is 9.97 Å². The average Bonchev–Trinajstić information content (AvgIpc) is 2.75. The number of nitrogens with zero attached hydrogens (tertiary/aromatic N) is 3. The van der Waals surface area contributed by atoms with Crippen molar-refractivity contribution in [3.8, 4) is 0 Å². The van der Waals surface area contributed by atoms with Crippen LogP contribution < -0.4 is 10.2 Å². The van der Waals surface area contributed by atoms with E-state index >= 15 is 0 Å². The van der Waals surface area contributed by atoms with Crippen LogP contribution in [0.2, 0.25) is 0 Å². The van der Waals surface area contributed by atoms with E-state index in [1.165, 1.54) is 4.90 Å². The Hall–Kier alpha value is -1.70. The fraction of sp³-hybridized carbons (Fsp3) is 0.615. The van der Waals surface area contributed by atoms with Gasteiger partial charge in [-0.15, -0.1) is 0 Å². The molecular formula is C13H15F3N4O. The summed E-state index contributed by atoms with van der Waals surface area (Å²) in [4.78, 5) is 20.3. The zero-order valence-corrected chi connectivity index (χ0v) is 11.3. The van der Waals surface area contributed by atoms with Crippen molar-refractivity contribution in [2.24, 2.45) is 5.41 Å². The lowest BCUT2D eigenvalue weighted by Crippen LogP contribution is -2.38. The Balaban J connectivity index is 1.79. The molecule has 2 saturated heterocycles. The van der Waals surface area contributed by atoms with E-state index < -0.39 is 12.0 Å². The summed E-state index contributed by atoms with van der Waals surface area (Å²) in [5.41, 5.74) is 0.272. The predicted molar refractivity (Wildman–Crippen MR) is 68.5 cm³/mol. The Morgan fingerprint density at radius 2 is 1.81 bits per heavy atom. The summed E-state index contributed by atoms with van der Waals surface area (Å²) in [7, 11) is 0. The van der Waals surface area contributed by atoms with Gasteiger partial charge < -0.3 is 10.2 Å². The van der Waals surface area contributed by atoms with Crippen molar-refractivity contribution in [1.29, 1.82) is 0 Å². The predicted octanol–water partition coefficient (Wildman–Crippen LogP) is 1.60. The molecule has 1 amide bonds. The summed E-state index contributed by atoms with van der Waals surface area (Å²) in [6.07, 6.45) is -0.172. The van der Waals surface area contributed by atoms with Crippen molar-refractivity contribution in [3.63, 3.8) is 0 Å². The fourth-order valence-electron chi connectivity index (χ4n) is 3.03. The second kappa shape index (κ2) is 4.94. The number of piperidine rings is 1. The molecular weight excluding hydrogens is 285 g/mol. The first-order chi connectivity index (χ1) is 9.90. The Kier molecular flexibility index (Phi) is 3.35. The highest BCUT2D eigenvalue weighted by Crippen LogP contribution is 2.41. The highest BCUT2D eigenvalue weighted by Gasteiger charge is 2.44. The first-order valence-electron chi connectivity index (χ1n) is 6.80. The van der Waals surface area contributed by atoms with E-state index in [1.807, 2.05) is 0 Å². The molecule has 0 atom stereocenters. The van der Waals surface area contributed by atoms with E-state index in [0.717, 1.165) is 38.3 Å². The number of aromatic nitrogens is 2. The molecule has 114 valence electrons. The van der Waals surface area contributed by atoms with Crippen LogP contribution in [0.3, 0.4) is 0 Å². The third-order valence-electron chi connectivity index (χ3n) is 4.19. The first kappa shape index (κ1) is 14.2. The van der Waals surface area contributed by atoms with Gasteiger partial charge in [0.25, 0.3) is 0 Å². The molecule has 0 unspecified atom stereocenters. The molecule has 1 spiro atoms. The lowest BCUT2D eigenvalue weighted by atomic mass is 9.78. The van der Waals surface area contributed by atoms with Gasteiger partial charge >= 0.3 is 6.18 Å². The summed E-state index contributed by atoms with van der Waals surface area (Å²) < 4.78 is 37.3. The van der Waals surface area contributed by atoms with Gasteiger partial charge in [0.2, 0.25) is 11.7 Å². The van der Waals surface area contributed by atoms with E-state index in [-0.39, 0.29) is 11.3 Å². The van der Waals surface area contributed by atoms with E-state index in [4.69, 9.17) is 0 Å². The highest BCUT2D eigenvalue weighted by atomic mass is 19.4. The van der Waals surface area contributed by atoms with Crippen LogP contribution in [0.15, 0.2) is 12.4 Å². The van der Waals surface area contributed by atoms with Gasteiger partial charge in [0.05, 0.1) is 18.1 Å². The molecule has 0 radical (unpaired) electrons. The minimum Gasteiger partial charge on any atom is -0.317 e. The number of amides is 1. The number of halogens is 3. The highest BCUT2D eigenvalue weighted by molar-refractivity contribution is 5.96. The molecule has 0 saturated carbocycles. The van der Waals surface area contributed by atoms with Crippen LogP contribution in [0, 0.1) is 5.41 Å². The van der Waals surface area contributed by atoms with Crippen molar-refractivity contribution in [2.75, 3.05) is 24.5 Å². The van der Waals surface area contributed by atoms with Gasteiger partial charge in [-0.2, -0.15) is 13.2 Å². The third kappa shape index (κ3) is 2.72. The third-order valence-corrected chi connectivity index (χ3v) is 4.19. The number of nitrogens with one attached hydrogen (secondary N) is 1. The quantitative estimate of drug-likeness (QED) is 0.856. The second-order valence-electron chi connectivity index (χ2n) is 5.67. The Morgan fingerprint density at radius 1 is 1.19 bits per heavy atom. The van der Waals surface area contributed by atoms with Gasteiger partial charge in [0.1, 0.15) is 0 Å². The largest absolute Gasteiger partial charge is 0.451 e. The lowest BCUT2D eigenvalue weighted by molar-refractivity contribution is -0.144. The normalized spacial score (nSPS) is 22.0. The number of hydrogen-bond acceptors (Lipinski definition) is 4. The summed E-state index contributed by atoms with van der Waals surface area (Å²) >= 11 is 0. The molecule has 1 aromatic heterocycles. The minimum absolute atomic E-state index is 0.0645. The number of carbonyl (C=O) groups excluding carboxylic acids is 1. The van der Waals surface area contributed by atoms with Crippen LogP contribution in [0.4, 0.5) is 18.9 Å². The molecule has 0 aromatic carbocycles. The molecule has 3 rings (SSSR count). The number of alkyl halides is 3. The van der Waals surface area contributed by atoms with E-state index in [1.54, 1.807) is 0 Å². The van der Waals surface area contributed by atoms with E-state index in [9.17, 15) is 18.0 Å². The van der Waals surface area contributed by atoms with E-state index in [2.05, 4.69) is 15.3 Å². The number of rotatable bonds is 1. The molecule has 0 bridgehead atoms. The van der Waals surface area contributed by atoms with Gasteiger partial charge in [-0.3, -0.25) is 4.79 Å². The van der Waals surface area contributed by atoms with Crippen LogP contribution in [-0.2, 0) is 11.0 Å². The lowest BCUT2D eigenvalue weighted by Gasteiger charge is -2.32. The molecule has 2 aliphatic rings. The van der Waals surface area contributed by atoms with Crippen LogP contribution >= 0.6 is 0 Å². The van der Waals surface area contributed by atoms with Gasteiger partial charge in [0.15, 0.2) is 0 Å². The first-order valence-corrected chi connectivity index (χ1v) is 6.80. The number of carbonyl (C=O) groups is 1. The SMILES string of the molecule is O=C1CC2(CCNCC2)CN1c1cnc(C(F)(F)F)nc1. The minimum atomic E-state index is -4.57. The van der Waals surface area contributed by atoms with Crippen LogP contribution in [0.5, 0.6) is 0 Å². The monoisotopic (exact) mass is 300 g/mol. The summed E-state index contributed by atoms with van der Waals surface area (Å²) in [5, 5.41) is 3.25. The summed E-state index contributed by atoms with van der Waals surface area (Å²) in [6, 6.07) is 0. The average molecular weight is 300 g/mol. The number of anilines is 1. The standard InChI is InChI=1S/C13H15F3N4O/c14-13(15,16)11-18-6-9(7-19-11)20-8-12(5-10(20)21)1-3-17-4-2-12/h6-7,17H,1-5,8H2. The second-order valence-corrected chi connectivity index (χ2v) is 5.67. The van der Waals surface area contributed by atoms with Crippen molar-refractivity contribution < 1.29 is 18.0 Å². The zero-order valence-electron chi connectivity index (χ0n) is 11.3. The molecule has 8 heteroatoms. The van der Waals surface area contributed by atoms with Gasteiger partial charge in [-0.1, -0.05) is 0 Å². The smallest absolute Gasteiger partial charge is 0.317 e. The summed E-state index contributed by atoms with van der Waals surface area (Å²) in [6.45, 7) is 2.26. The maximum absolute atomic E-state index is 12.4. The molecule has 2 fully saturated rings. The molecule has 21 heavy (non-hydrogen) atoms. The van der Waals surface area contributed by atoms with E-state index in [0.29, 0.717) is 18.7 Å². The van der Waals surface area contributed by atoms with Gasteiger partial charge in [0, 0.05) is 13.0 Å². The number of hydrogen-bond donors (Lipinski definition) is 1. The Labute approximate surface area is 119 Å². The van der Waals surface area contributed by atoms with Crippen molar-refractivity contribution in [1.82, 2.24) is 15.3 Å². The zero-order chi connectivity index (χ0) is 15.1. The van der Waals surface area contributed by atoms with Gasteiger partial charge in [-0.05, 0) is 31.3 Å². The fourth-order valence-corrected chi connectivity index (χ4v) is 3.03. The molecule has 1 aromatic rings. The topological polar surface area (TPSA) is 58.1 Å². The van der Waals surface area contributed by atoms with Crippen LogP contribution in [-0.4, -0.2) is 35.5 Å². The van der Waals surface area contributed by atoms with Crippen molar-refractivity contribution in [3.05, 3.63) is 18.2 Å². The van der Waals surface area contributed by atoms with Crippen LogP contribution in [0.25, 0.3) is 0 Å². The van der Waals surface area contributed by atoms with Crippen molar-refractivity contribution in [2.45, 2.75) is 25.4 Å².